The third-order valence-corrected chi connectivity index (χ3v) is 4.39. The Bertz CT molecular complexity index is 760. The third-order valence-electron chi connectivity index (χ3n) is 4.13. The van der Waals surface area contributed by atoms with Gasteiger partial charge in [0.05, 0.1) is 6.20 Å². The van der Waals surface area contributed by atoms with Crippen molar-refractivity contribution in [2.24, 2.45) is 0 Å². The van der Waals surface area contributed by atoms with E-state index < -0.39 is 0 Å². The fourth-order valence-electron chi connectivity index (χ4n) is 2.86. The van der Waals surface area contributed by atoms with Gasteiger partial charge in [-0.25, -0.2) is 0 Å². The second kappa shape index (κ2) is 6.99. The highest BCUT2D eigenvalue weighted by Crippen LogP contribution is 2.28. The van der Waals surface area contributed by atoms with Gasteiger partial charge in [-0.2, -0.15) is 5.10 Å². The van der Waals surface area contributed by atoms with Crippen molar-refractivity contribution >= 4 is 11.6 Å². The Balaban J connectivity index is 1.91. The molecule has 0 aliphatic rings. The van der Waals surface area contributed by atoms with E-state index in [1.165, 1.54) is 16.7 Å². The van der Waals surface area contributed by atoms with Gasteiger partial charge in [-0.1, -0.05) is 48.0 Å². The Morgan fingerprint density at radius 3 is 2.17 bits per heavy atom. The van der Waals surface area contributed by atoms with Crippen LogP contribution in [-0.2, 0) is 0 Å². The van der Waals surface area contributed by atoms with Crippen molar-refractivity contribution in [2.45, 2.75) is 12.8 Å². The summed E-state index contributed by atoms with van der Waals surface area (Å²) in [4.78, 5) is 0. The van der Waals surface area contributed by atoms with Crippen molar-refractivity contribution in [1.29, 1.82) is 0 Å². The van der Waals surface area contributed by atoms with Crippen molar-refractivity contribution in [1.82, 2.24) is 15.5 Å². The van der Waals surface area contributed by atoms with Gasteiger partial charge in [-0.05, 0) is 42.8 Å². The van der Waals surface area contributed by atoms with Crippen LogP contribution in [-0.4, -0.2) is 23.8 Å². The first-order valence-electron chi connectivity index (χ1n) is 7.69. The first kappa shape index (κ1) is 15.8. The van der Waals surface area contributed by atoms with Gasteiger partial charge in [0, 0.05) is 28.7 Å². The third kappa shape index (κ3) is 3.46. The molecule has 3 nitrogen and oxygen atoms in total. The molecule has 23 heavy (non-hydrogen) atoms. The Labute approximate surface area is 141 Å². The molecule has 2 N–H and O–H groups in total. The fraction of sp³-hybridized carbons (Fsp3) is 0.211. The number of aryl methyl sites for hydroxylation is 1. The molecule has 1 atom stereocenters. The van der Waals surface area contributed by atoms with E-state index in [0.29, 0.717) is 5.92 Å². The molecule has 0 bridgehead atoms. The van der Waals surface area contributed by atoms with Crippen LogP contribution in [0.4, 0.5) is 0 Å². The summed E-state index contributed by atoms with van der Waals surface area (Å²) in [5.74, 6) is 0.303. The summed E-state index contributed by atoms with van der Waals surface area (Å²) in [6.07, 6.45) is 1.87. The lowest BCUT2D eigenvalue weighted by Gasteiger charge is -2.18. The summed E-state index contributed by atoms with van der Waals surface area (Å²) in [7, 11) is 1.98. The second-order valence-electron chi connectivity index (χ2n) is 5.69. The molecule has 0 aliphatic carbocycles. The highest BCUT2D eigenvalue weighted by molar-refractivity contribution is 6.30. The predicted octanol–water partition coefficient (Wildman–Crippen LogP) is 4.39. The largest absolute Gasteiger partial charge is 0.319 e. The molecule has 0 amide bonds. The van der Waals surface area contributed by atoms with E-state index in [9.17, 15) is 0 Å². The molecule has 3 rings (SSSR count). The highest BCUT2D eigenvalue weighted by Gasteiger charge is 2.14. The van der Waals surface area contributed by atoms with Crippen LogP contribution in [0.15, 0.2) is 54.7 Å². The van der Waals surface area contributed by atoms with Crippen LogP contribution in [0.2, 0.25) is 5.02 Å². The lowest BCUT2D eigenvalue weighted by molar-refractivity contribution is 0.708. The van der Waals surface area contributed by atoms with Crippen LogP contribution >= 0.6 is 11.6 Å². The van der Waals surface area contributed by atoms with Crippen molar-refractivity contribution in [3.8, 4) is 11.1 Å². The lowest BCUT2D eigenvalue weighted by Crippen LogP contribution is -2.18. The number of aromatic nitrogens is 2. The fourth-order valence-corrected chi connectivity index (χ4v) is 2.99. The summed E-state index contributed by atoms with van der Waals surface area (Å²) in [6.45, 7) is 2.92. The summed E-state index contributed by atoms with van der Waals surface area (Å²) < 4.78 is 0. The lowest BCUT2D eigenvalue weighted by atomic mass is 9.90. The monoisotopic (exact) mass is 325 g/mol. The van der Waals surface area contributed by atoms with Crippen LogP contribution < -0.4 is 5.32 Å². The van der Waals surface area contributed by atoms with E-state index in [1.54, 1.807) is 0 Å². The minimum atomic E-state index is 0.303. The van der Waals surface area contributed by atoms with E-state index in [1.807, 2.05) is 32.3 Å². The summed E-state index contributed by atoms with van der Waals surface area (Å²) >= 11 is 6.01. The molecule has 1 aromatic heterocycles. The number of hydrogen-bond donors (Lipinski definition) is 2. The Morgan fingerprint density at radius 1 is 1.04 bits per heavy atom. The molecule has 4 heteroatoms. The van der Waals surface area contributed by atoms with Crippen LogP contribution in [0.1, 0.15) is 22.7 Å². The minimum absolute atomic E-state index is 0.303. The van der Waals surface area contributed by atoms with Crippen LogP contribution in [0.25, 0.3) is 11.1 Å². The zero-order valence-electron chi connectivity index (χ0n) is 13.3. The van der Waals surface area contributed by atoms with Crippen molar-refractivity contribution < 1.29 is 0 Å². The van der Waals surface area contributed by atoms with Gasteiger partial charge in [0.1, 0.15) is 0 Å². The molecular weight excluding hydrogens is 306 g/mol. The van der Waals surface area contributed by atoms with E-state index >= 15 is 0 Å². The van der Waals surface area contributed by atoms with E-state index in [2.05, 4.69) is 51.9 Å². The number of aromatic amines is 1. The van der Waals surface area contributed by atoms with Crippen LogP contribution in [0.5, 0.6) is 0 Å². The van der Waals surface area contributed by atoms with Crippen molar-refractivity contribution in [3.05, 3.63) is 76.6 Å². The van der Waals surface area contributed by atoms with Gasteiger partial charge >= 0.3 is 0 Å². The Kier molecular flexibility index (Phi) is 4.79. The topological polar surface area (TPSA) is 40.7 Å². The average Bonchev–Trinajstić information content (AvgIpc) is 3.00. The molecule has 2 aromatic carbocycles. The number of hydrogen-bond acceptors (Lipinski definition) is 2. The molecule has 1 unspecified atom stereocenters. The number of rotatable bonds is 5. The number of halogens is 1. The molecule has 0 fully saturated rings. The number of H-pyrrole nitrogens is 1. The van der Waals surface area contributed by atoms with Crippen LogP contribution in [0.3, 0.4) is 0 Å². The summed E-state index contributed by atoms with van der Waals surface area (Å²) in [6, 6.07) is 16.8. The van der Waals surface area contributed by atoms with E-state index in [0.717, 1.165) is 22.8 Å². The first-order valence-corrected chi connectivity index (χ1v) is 8.07. The summed E-state index contributed by atoms with van der Waals surface area (Å²) in [5.41, 5.74) is 5.96. The molecule has 0 saturated heterocycles. The van der Waals surface area contributed by atoms with Gasteiger partial charge in [-0.3, -0.25) is 5.10 Å². The van der Waals surface area contributed by atoms with E-state index in [4.69, 9.17) is 11.6 Å². The zero-order chi connectivity index (χ0) is 16.2. The maximum atomic E-state index is 6.01. The molecular formula is C19H20ClN3. The van der Waals surface area contributed by atoms with E-state index in [-0.39, 0.29) is 0 Å². The van der Waals surface area contributed by atoms with Gasteiger partial charge in [0.25, 0.3) is 0 Å². The minimum Gasteiger partial charge on any atom is -0.319 e. The number of nitrogens with zero attached hydrogens (tertiary/aromatic N) is 1. The number of benzene rings is 2. The SMILES string of the molecule is CNCC(c1ccc(Cl)cc1)c1ccc(-c2cn[nH]c2C)cc1. The second-order valence-corrected chi connectivity index (χ2v) is 6.13. The van der Waals surface area contributed by atoms with Crippen molar-refractivity contribution in [3.63, 3.8) is 0 Å². The normalized spacial score (nSPS) is 12.3. The quantitative estimate of drug-likeness (QED) is 0.730. The van der Waals surface area contributed by atoms with Crippen molar-refractivity contribution in [2.75, 3.05) is 13.6 Å². The average molecular weight is 326 g/mol. The smallest absolute Gasteiger partial charge is 0.0568 e. The molecule has 0 radical (unpaired) electrons. The number of likely N-dealkylation sites (N-methyl/N-ethyl adjacent to an activating group) is 1. The standard InChI is InChI=1S/C19H20ClN3/c1-13-18(12-22-23-13)14-3-5-15(6-4-14)19(11-21-2)16-7-9-17(20)10-8-16/h3-10,12,19,21H,11H2,1-2H3,(H,22,23). The maximum Gasteiger partial charge on any atom is 0.0568 e. The van der Waals surface area contributed by atoms with Crippen LogP contribution in [0, 0.1) is 6.92 Å². The molecule has 3 aromatic rings. The maximum absolute atomic E-state index is 6.01. The Morgan fingerprint density at radius 2 is 1.65 bits per heavy atom. The molecule has 1 heterocycles. The predicted molar refractivity (Wildman–Crippen MR) is 96.0 cm³/mol. The molecule has 0 saturated carbocycles. The number of nitrogens with one attached hydrogen (secondary N) is 2. The Hall–Kier alpha value is -2.10. The molecule has 0 aliphatic heterocycles. The molecule has 0 spiro atoms. The molecule has 118 valence electrons. The zero-order valence-corrected chi connectivity index (χ0v) is 14.1. The van der Waals surface area contributed by atoms with Gasteiger partial charge in [0.15, 0.2) is 0 Å². The van der Waals surface area contributed by atoms with Gasteiger partial charge < -0.3 is 5.32 Å². The highest BCUT2D eigenvalue weighted by atomic mass is 35.5. The van der Waals surface area contributed by atoms with Gasteiger partial charge in [-0.15, -0.1) is 0 Å². The first-order chi connectivity index (χ1) is 11.2. The van der Waals surface area contributed by atoms with Gasteiger partial charge in [0.2, 0.25) is 0 Å². The summed E-state index contributed by atoms with van der Waals surface area (Å²) in [5, 5.41) is 11.1.